The van der Waals surface area contributed by atoms with E-state index >= 15 is 0 Å². The van der Waals surface area contributed by atoms with Crippen LogP contribution >= 0.6 is 11.3 Å². The normalized spacial score (nSPS) is 11.1. The number of hydrogen-bond acceptors (Lipinski definition) is 4. The fraction of sp³-hybridized carbons (Fsp3) is 0.143. The number of alkyl halides is 3. The van der Waals surface area contributed by atoms with Crippen molar-refractivity contribution >= 4 is 28.9 Å². The number of hydrogen-bond donors (Lipinski definition) is 1. The Hall–Kier alpha value is -2.35. The Balaban J connectivity index is 2.32. The molecule has 0 aliphatic rings. The Kier molecular flexibility index (Phi) is 4.51. The summed E-state index contributed by atoms with van der Waals surface area (Å²) in [5.41, 5.74) is -1.45. The lowest BCUT2D eigenvalue weighted by atomic mass is 10.1. The Labute approximate surface area is 127 Å². The van der Waals surface area contributed by atoms with Gasteiger partial charge in [0.1, 0.15) is 4.88 Å². The van der Waals surface area contributed by atoms with E-state index in [2.05, 4.69) is 10.1 Å². The van der Waals surface area contributed by atoms with E-state index in [4.69, 9.17) is 0 Å². The molecule has 0 atom stereocenters. The summed E-state index contributed by atoms with van der Waals surface area (Å²) in [5.74, 6) is -1.62. The Morgan fingerprint density at radius 2 is 1.86 bits per heavy atom. The molecule has 116 valence electrons. The number of rotatable bonds is 3. The van der Waals surface area contributed by atoms with Gasteiger partial charge in [-0.2, -0.15) is 13.2 Å². The van der Waals surface area contributed by atoms with Gasteiger partial charge in [0.2, 0.25) is 0 Å². The lowest BCUT2D eigenvalue weighted by Gasteiger charge is -2.12. The molecule has 1 aromatic heterocycles. The topological polar surface area (TPSA) is 55.4 Å². The standard InChI is InChI=1S/C14H10F3NO3S/c1-21-13(20)11-10(6-7-22-11)18-12(19)8-4-2-3-5-9(8)14(15,16)17/h2-7H,1H3,(H,18,19). The number of amides is 1. The van der Waals surface area contributed by atoms with Crippen LogP contribution in [-0.4, -0.2) is 19.0 Å². The molecular weight excluding hydrogens is 319 g/mol. The highest BCUT2D eigenvalue weighted by Gasteiger charge is 2.35. The number of nitrogens with one attached hydrogen (secondary N) is 1. The van der Waals surface area contributed by atoms with E-state index in [1.807, 2.05) is 0 Å². The van der Waals surface area contributed by atoms with Crippen molar-refractivity contribution in [3.05, 3.63) is 51.7 Å². The maximum Gasteiger partial charge on any atom is 0.417 e. The van der Waals surface area contributed by atoms with Crippen LogP contribution in [0.4, 0.5) is 18.9 Å². The zero-order valence-electron chi connectivity index (χ0n) is 11.2. The van der Waals surface area contributed by atoms with E-state index in [9.17, 15) is 22.8 Å². The van der Waals surface area contributed by atoms with Gasteiger partial charge in [-0.05, 0) is 23.6 Å². The first-order valence-corrected chi connectivity index (χ1v) is 6.86. The number of carbonyl (C=O) groups excluding carboxylic acids is 2. The summed E-state index contributed by atoms with van der Waals surface area (Å²) in [5, 5.41) is 3.83. The SMILES string of the molecule is COC(=O)c1sccc1NC(=O)c1ccccc1C(F)(F)F. The zero-order chi connectivity index (χ0) is 16.3. The van der Waals surface area contributed by atoms with Crippen molar-refractivity contribution in [2.75, 3.05) is 12.4 Å². The van der Waals surface area contributed by atoms with Gasteiger partial charge >= 0.3 is 12.1 Å². The molecule has 0 spiro atoms. The highest BCUT2D eigenvalue weighted by molar-refractivity contribution is 7.12. The predicted octanol–water partition coefficient (Wildman–Crippen LogP) is 3.81. The third-order valence-electron chi connectivity index (χ3n) is 2.76. The van der Waals surface area contributed by atoms with Crippen LogP contribution in [0.25, 0.3) is 0 Å². The number of thiophene rings is 1. The van der Waals surface area contributed by atoms with Crippen LogP contribution in [-0.2, 0) is 10.9 Å². The summed E-state index contributed by atoms with van der Waals surface area (Å²) in [7, 11) is 1.17. The fourth-order valence-corrected chi connectivity index (χ4v) is 2.54. The van der Waals surface area contributed by atoms with Gasteiger partial charge in [0.15, 0.2) is 0 Å². The van der Waals surface area contributed by atoms with Gasteiger partial charge in [-0.15, -0.1) is 11.3 Å². The van der Waals surface area contributed by atoms with Gasteiger partial charge in [0.25, 0.3) is 5.91 Å². The molecule has 0 radical (unpaired) electrons. The van der Waals surface area contributed by atoms with E-state index in [1.54, 1.807) is 0 Å². The number of anilines is 1. The summed E-state index contributed by atoms with van der Waals surface area (Å²) in [4.78, 5) is 23.7. The molecule has 0 saturated heterocycles. The molecule has 2 aromatic rings. The smallest absolute Gasteiger partial charge is 0.417 e. The van der Waals surface area contributed by atoms with Gasteiger partial charge in [0.05, 0.1) is 23.9 Å². The molecule has 1 heterocycles. The molecule has 0 fully saturated rings. The molecular formula is C14H10F3NO3S. The van der Waals surface area contributed by atoms with Gasteiger partial charge in [-0.25, -0.2) is 4.79 Å². The molecule has 8 heteroatoms. The minimum atomic E-state index is -4.65. The monoisotopic (exact) mass is 329 g/mol. The third-order valence-corrected chi connectivity index (χ3v) is 3.66. The zero-order valence-corrected chi connectivity index (χ0v) is 12.0. The van der Waals surface area contributed by atoms with E-state index < -0.39 is 29.2 Å². The van der Waals surface area contributed by atoms with Crippen LogP contribution in [0.3, 0.4) is 0 Å². The van der Waals surface area contributed by atoms with Gasteiger partial charge in [0, 0.05) is 0 Å². The molecule has 1 N–H and O–H groups in total. The third kappa shape index (κ3) is 3.28. The van der Waals surface area contributed by atoms with Crippen LogP contribution in [0.15, 0.2) is 35.7 Å². The average molecular weight is 329 g/mol. The molecule has 2 rings (SSSR count). The van der Waals surface area contributed by atoms with E-state index in [0.717, 1.165) is 23.5 Å². The van der Waals surface area contributed by atoms with Crippen molar-refractivity contribution in [2.45, 2.75) is 6.18 Å². The summed E-state index contributed by atoms with van der Waals surface area (Å²) in [6.45, 7) is 0. The number of methoxy groups -OCH3 is 1. The first-order chi connectivity index (χ1) is 10.3. The van der Waals surface area contributed by atoms with Crippen molar-refractivity contribution in [3.8, 4) is 0 Å². The first-order valence-electron chi connectivity index (χ1n) is 5.98. The Bertz CT molecular complexity index is 709. The largest absolute Gasteiger partial charge is 0.465 e. The minimum Gasteiger partial charge on any atom is -0.465 e. The molecule has 22 heavy (non-hydrogen) atoms. The van der Waals surface area contributed by atoms with Gasteiger partial charge < -0.3 is 10.1 Å². The maximum atomic E-state index is 12.9. The number of halogens is 3. The molecule has 0 aliphatic carbocycles. The maximum absolute atomic E-state index is 12.9. The van der Waals surface area contributed by atoms with Crippen LogP contribution in [0, 0.1) is 0 Å². The molecule has 1 aromatic carbocycles. The Morgan fingerprint density at radius 1 is 1.18 bits per heavy atom. The predicted molar refractivity (Wildman–Crippen MR) is 75.1 cm³/mol. The van der Waals surface area contributed by atoms with E-state index in [-0.39, 0.29) is 10.6 Å². The van der Waals surface area contributed by atoms with Gasteiger partial charge in [-0.1, -0.05) is 12.1 Å². The van der Waals surface area contributed by atoms with Crippen molar-refractivity contribution in [3.63, 3.8) is 0 Å². The lowest BCUT2D eigenvalue weighted by Crippen LogP contribution is -2.19. The molecule has 1 amide bonds. The van der Waals surface area contributed by atoms with E-state index in [1.165, 1.54) is 30.7 Å². The van der Waals surface area contributed by atoms with Crippen molar-refractivity contribution in [2.24, 2.45) is 0 Å². The second-order valence-electron chi connectivity index (χ2n) is 4.15. The molecule has 0 bridgehead atoms. The van der Waals surface area contributed by atoms with Gasteiger partial charge in [-0.3, -0.25) is 4.79 Å². The molecule has 0 unspecified atom stereocenters. The number of benzene rings is 1. The molecule has 0 aliphatic heterocycles. The molecule has 0 saturated carbocycles. The fourth-order valence-electron chi connectivity index (χ4n) is 1.78. The highest BCUT2D eigenvalue weighted by Crippen LogP contribution is 2.32. The summed E-state index contributed by atoms with van der Waals surface area (Å²) in [6.07, 6.45) is -4.65. The van der Waals surface area contributed by atoms with Crippen molar-refractivity contribution in [1.82, 2.24) is 0 Å². The summed E-state index contributed by atoms with van der Waals surface area (Å²) in [6, 6.07) is 5.85. The highest BCUT2D eigenvalue weighted by atomic mass is 32.1. The number of carbonyl (C=O) groups is 2. The van der Waals surface area contributed by atoms with Crippen LogP contribution in [0.2, 0.25) is 0 Å². The number of esters is 1. The minimum absolute atomic E-state index is 0.110. The summed E-state index contributed by atoms with van der Waals surface area (Å²) < 4.78 is 43.2. The van der Waals surface area contributed by atoms with Crippen molar-refractivity contribution in [1.29, 1.82) is 0 Å². The summed E-state index contributed by atoms with van der Waals surface area (Å²) >= 11 is 1.02. The number of ether oxygens (including phenoxy) is 1. The van der Waals surface area contributed by atoms with Crippen LogP contribution in [0.5, 0.6) is 0 Å². The lowest BCUT2D eigenvalue weighted by molar-refractivity contribution is -0.137. The second-order valence-corrected chi connectivity index (χ2v) is 5.07. The first kappa shape index (κ1) is 16.0. The van der Waals surface area contributed by atoms with Crippen LogP contribution in [0.1, 0.15) is 25.6 Å². The Morgan fingerprint density at radius 3 is 2.50 bits per heavy atom. The van der Waals surface area contributed by atoms with E-state index in [0.29, 0.717) is 0 Å². The average Bonchev–Trinajstić information content (AvgIpc) is 2.93. The van der Waals surface area contributed by atoms with Crippen molar-refractivity contribution < 1.29 is 27.5 Å². The molecule has 4 nitrogen and oxygen atoms in total. The van der Waals surface area contributed by atoms with Crippen LogP contribution < -0.4 is 5.32 Å². The second kappa shape index (κ2) is 6.18. The quantitative estimate of drug-likeness (QED) is 0.871.